The molecule has 2 atom stereocenters. The van der Waals surface area contributed by atoms with Crippen LogP contribution in [-0.2, 0) is 19.8 Å². The van der Waals surface area contributed by atoms with Crippen LogP contribution in [0.4, 0.5) is 5.69 Å². The molecule has 1 heterocycles. The van der Waals surface area contributed by atoms with Crippen molar-refractivity contribution in [1.29, 1.82) is 0 Å². The molecule has 5 aliphatic rings. The molecule has 6 rings (SSSR count). The first-order valence-electron chi connectivity index (χ1n) is 12.7. The molecule has 1 aromatic rings. The maximum absolute atomic E-state index is 13.7. The fourth-order valence-electron chi connectivity index (χ4n) is 7.73. The van der Waals surface area contributed by atoms with Crippen LogP contribution >= 0.6 is 34.8 Å². The summed E-state index contributed by atoms with van der Waals surface area (Å²) >= 11 is 18.8. The minimum absolute atomic E-state index is 0.0122. The lowest BCUT2D eigenvalue weighted by Gasteiger charge is -2.60. The molecule has 8 nitrogen and oxygen atoms in total. The van der Waals surface area contributed by atoms with Gasteiger partial charge < -0.3 is 11.1 Å². The van der Waals surface area contributed by atoms with Gasteiger partial charge in [-0.3, -0.25) is 13.9 Å². The highest BCUT2D eigenvalue weighted by atomic mass is 35.5. The number of nitrogens with two attached hydrogens (primary N) is 1. The molecule has 4 aliphatic carbocycles. The molecule has 0 aromatic heterocycles. The first-order chi connectivity index (χ1) is 17.2. The van der Waals surface area contributed by atoms with Crippen molar-refractivity contribution in [1.82, 2.24) is 9.62 Å². The van der Waals surface area contributed by atoms with Gasteiger partial charge in [0.1, 0.15) is 0 Å². The van der Waals surface area contributed by atoms with Crippen molar-refractivity contribution in [3.63, 3.8) is 0 Å². The zero-order valence-corrected chi connectivity index (χ0v) is 24.1. The SMILES string of the molecule is CC1(C)CN(CC(=O)NC2C3CC4CC2CC(CC(N)=O)(C4)C3)S(=O)(=O)N(c2c(Cl)cc(Cl)cc2Cl)C1. The molecule has 204 valence electrons. The van der Waals surface area contributed by atoms with Gasteiger partial charge in [0, 0.05) is 30.6 Å². The smallest absolute Gasteiger partial charge is 0.304 e. The van der Waals surface area contributed by atoms with Gasteiger partial charge in [-0.25, -0.2) is 0 Å². The Morgan fingerprint density at radius 3 is 2.22 bits per heavy atom. The summed E-state index contributed by atoms with van der Waals surface area (Å²) in [5.74, 6) is 0.553. The number of hydrogen-bond donors (Lipinski definition) is 2. The van der Waals surface area contributed by atoms with Crippen molar-refractivity contribution in [2.45, 2.75) is 58.4 Å². The van der Waals surface area contributed by atoms with Gasteiger partial charge in [0.25, 0.3) is 0 Å². The van der Waals surface area contributed by atoms with E-state index in [2.05, 4.69) is 5.32 Å². The van der Waals surface area contributed by atoms with Crippen LogP contribution in [0.2, 0.25) is 15.1 Å². The summed E-state index contributed by atoms with van der Waals surface area (Å²) in [5.41, 5.74) is 5.21. The Kier molecular flexibility index (Phi) is 6.97. The van der Waals surface area contributed by atoms with E-state index in [9.17, 15) is 18.0 Å². The second-order valence-electron chi connectivity index (χ2n) is 12.4. The number of nitrogens with one attached hydrogen (secondary N) is 1. The van der Waals surface area contributed by atoms with E-state index in [1.807, 2.05) is 13.8 Å². The molecule has 1 aromatic carbocycles. The van der Waals surface area contributed by atoms with Crippen LogP contribution in [0.5, 0.6) is 0 Å². The molecule has 1 aliphatic heterocycles. The molecule has 1 saturated heterocycles. The quantitative estimate of drug-likeness (QED) is 0.516. The summed E-state index contributed by atoms with van der Waals surface area (Å²) < 4.78 is 29.8. The van der Waals surface area contributed by atoms with E-state index in [1.54, 1.807) is 0 Å². The second kappa shape index (κ2) is 9.44. The summed E-state index contributed by atoms with van der Waals surface area (Å²) in [6.45, 7) is 3.92. The fraction of sp³-hybridized carbons (Fsp3) is 0.680. The highest BCUT2D eigenvalue weighted by molar-refractivity contribution is 7.90. The summed E-state index contributed by atoms with van der Waals surface area (Å²) in [6, 6.07) is 2.90. The van der Waals surface area contributed by atoms with Gasteiger partial charge in [-0.1, -0.05) is 48.7 Å². The molecule has 0 radical (unpaired) electrons. The minimum atomic E-state index is -4.08. The molecule has 2 amide bonds. The van der Waals surface area contributed by atoms with E-state index < -0.39 is 15.6 Å². The lowest BCUT2D eigenvalue weighted by molar-refractivity contribution is -0.134. The summed E-state index contributed by atoms with van der Waals surface area (Å²) in [4.78, 5) is 25.0. The molecule has 0 spiro atoms. The molecular formula is C25H33Cl3N4O4S. The number of anilines is 1. The standard InChI is InChI=1S/C25H33Cl3N4O4S/c1-24(2)12-31(37(35,36)32(13-24)23-18(27)5-17(26)6-19(23)28)11-21(34)30-22-15-3-14-4-16(22)9-25(7-14,8-15)10-20(29)33/h5-6,14-16,22H,3-4,7-13H2,1-2H3,(H2,29,33)(H,30,34). The van der Waals surface area contributed by atoms with Crippen molar-refractivity contribution < 1.29 is 18.0 Å². The number of primary amides is 1. The molecule has 2 unspecified atom stereocenters. The topological polar surface area (TPSA) is 113 Å². The van der Waals surface area contributed by atoms with Crippen LogP contribution in [0.25, 0.3) is 0 Å². The second-order valence-corrected chi connectivity index (χ2v) is 15.5. The Bertz CT molecular complexity index is 1200. The van der Waals surface area contributed by atoms with Crippen molar-refractivity contribution in [3.8, 4) is 0 Å². The number of hydrogen-bond acceptors (Lipinski definition) is 4. The third-order valence-corrected chi connectivity index (χ3v) is 11.2. The summed E-state index contributed by atoms with van der Waals surface area (Å²) in [6.07, 6.45) is 5.26. The van der Waals surface area contributed by atoms with Gasteiger partial charge in [-0.15, -0.1) is 0 Å². The van der Waals surface area contributed by atoms with Gasteiger partial charge in [0.2, 0.25) is 11.8 Å². The van der Waals surface area contributed by atoms with Crippen molar-refractivity contribution in [3.05, 3.63) is 27.2 Å². The predicted octanol–water partition coefficient (Wildman–Crippen LogP) is 4.23. The first kappa shape index (κ1) is 27.3. The third-order valence-electron chi connectivity index (χ3n) is 8.61. The molecule has 12 heteroatoms. The molecule has 5 fully saturated rings. The zero-order chi connectivity index (χ0) is 26.9. The number of halogens is 3. The fourth-order valence-corrected chi connectivity index (χ4v) is 10.9. The molecular weight excluding hydrogens is 559 g/mol. The number of rotatable bonds is 6. The maximum Gasteiger partial charge on any atom is 0.304 e. The largest absolute Gasteiger partial charge is 0.370 e. The summed E-state index contributed by atoms with van der Waals surface area (Å²) in [5, 5.41) is 3.74. The lowest BCUT2D eigenvalue weighted by atomic mass is 9.47. The van der Waals surface area contributed by atoms with Gasteiger partial charge in [-0.2, -0.15) is 12.7 Å². The van der Waals surface area contributed by atoms with Gasteiger partial charge in [0.05, 0.1) is 22.3 Å². The van der Waals surface area contributed by atoms with Crippen LogP contribution in [0, 0.1) is 28.6 Å². The Hall–Kier alpha value is -1.26. The highest BCUT2D eigenvalue weighted by Crippen LogP contribution is 2.61. The molecule has 37 heavy (non-hydrogen) atoms. The van der Waals surface area contributed by atoms with Crippen LogP contribution < -0.4 is 15.4 Å². The predicted molar refractivity (Wildman–Crippen MR) is 145 cm³/mol. The third kappa shape index (κ3) is 5.19. The number of amides is 2. The van der Waals surface area contributed by atoms with Crippen molar-refractivity contribution in [2.24, 2.45) is 34.3 Å². The van der Waals surface area contributed by atoms with Gasteiger partial charge in [-0.05, 0) is 72.8 Å². The Balaban J connectivity index is 1.33. The average Bonchev–Trinajstić information content (AvgIpc) is 2.72. The van der Waals surface area contributed by atoms with Crippen molar-refractivity contribution >= 4 is 62.5 Å². The van der Waals surface area contributed by atoms with E-state index in [0.717, 1.165) is 32.1 Å². The first-order valence-corrected chi connectivity index (χ1v) is 15.2. The number of nitrogens with zero attached hydrogens (tertiary/aromatic N) is 2. The number of carbonyl (C=O) groups is 2. The van der Waals surface area contributed by atoms with Crippen LogP contribution in [0.1, 0.15) is 52.4 Å². The van der Waals surface area contributed by atoms with Crippen LogP contribution in [-0.4, -0.2) is 50.2 Å². The van der Waals surface area contributed by atoms with E-state index in [4.69, 9.17) is 40.5 Å². The number of benzene rings is 1. The number of carbonyl (C=O) groups excluding carboxylic acids is 2. The molecule has 4 saturated carbocycles. The normalized spacial score (nSPS) is 33.9. The van der Waals surface area contributed by atoms with Crippen LogP contribution in [0.15, 0.2) is 12.1 Å². The molecule has 3 N–H and O–H groups in total. The van der Waals surface area contributed by atoms with Crippen LogP contribution in [0.3, 0.4) is 0 Å². The Labute approximate surface area is 233 Å². The van der Waals surface area contributed by atoms with Gasteiger partial charge in [0.15, 0.2) is 0 Å². The highest BCUT2D eigenvalue weighted by Gasteiger charge is 2.56. The van der Waals surface area contributed by atoms with E-state index in [1.165, 1.54) is 20.7 Å². The monoisotopic (exact) mass is 590 g/mol. The average molecular weight is 592 g/mol. The Morgan fingerprint density at radius 1 is 1.05 bits per heavy atom. The maximum atomic E-state index is 13.7. The van der Waals surface area contributed by atoms with E-state index in [-0.39, 0.29) is 70.5 Å². The van der Waals surface area contributed by atoms with Crippen molar-refractivity contribution in [2.75, 3.05) is 23.9 Å². The zero-order valence-electron chi connectivity index (χ0n) is 21.0. The minimum Gasteiger partial charge on any atom is -0.370 e. The summed E-state index contributed by atoms with van der Waals surface area (Å²) in [7, 11) is -4.08. The Morgan fingerprint density at radius 2 is 1.65 bits per heavy atom. The van der Waals surface area contributed by atoms with E-state index in [0.29, 0.717) is 17.4 Å². The van der Waals surface area contributed by atoms with Gasteiger partial charge >= 0.3 is 10.2 Å². The lowest BCUT2D eigenvalue weighted by Crippen LogP contribution is -2.62. The van der Waals surface area contributed by atoms with E-state index >= 15 is 0 Å². The molecule has 4 bridgehead atoms.